The van der Waals surface area contributed by atoms with E-state index in [0.717, 1.165) is 35.4 Å². The van der Waals surface area contributed by atoms with Gasteiger partial charge in [0.1, 0.15) is 11.6 Å². The number of anilines is 1. The predicted molar refractivity (Wildman–Crippen MR) is 110 cm³/mol. The van der Waals surface area contributed by atoms with Crippen molar-refractivity contribution in [1.29, 1.82) is 0 Å². The van der Waals surface area contributed by atoms with Crippen LogP contribution < -0.4 is 5.73 Å². The number of rotatable bonds is 4. The van der Waals surface area contributed by atoms with Crippen molar-refractivity contribution in [3.8, 4) is 0 Å². The zero-order valence-corrected chi connectivity index (χ0v) is 16.3. The molecule has 0 spiro atoms. The van der Waals surface area contributed by atoms with Gasteiger partial charge in [0.2, 0.25) is 0 Å². The number of nitrogens with two attached hydrogens (primary N) is 1. The Labute approximate surface area is 169 Å². The van der Waals surface area contributed by atoms with Crippen LogP contribution in [-0.4, -0.2) is 27.3 Å². The minimum absolute atomic E-state index is 0.0524. The average Bonchev–Trinajstić information content (AvgIpc) is 3.19. The number of halogens is 1. The molecule has 1 atom stereocenters. The van der Waals surface area contributed by atoms with Gasteiger partial charge in [-0.05, 0) is 73.7 Å². The fourth-order valence-electron chi connectivity index (χ4n) is 3.89. The van der Waals surface area contributed by atoms with Gasteiger partial charge in [-0.15, -0.1) is 0 Å². The lowest BCUT2D eigenvalue weighted by molar-refractivity contribution is 0.0732. The summed E-state index contributed by atoms with van der Waals surface area (Å²) >= 11 is 0. The number of amides is 1. The summed E-state index contributed by atoms with van der Waals surface area (Å²) in [4.78, 5) is 23.6. The van der Waals surface area contributed by atoms with Crippen LogP contribution in [0.3, 0.4) is 0 Å². The highest BCUT2D eigenvalue weighted by Crippen LogP contribution is 2.33. The Morgan fingerprint density at radius 2 is 1.97 bits per heavy atom. The first kappa shape index (κ1) is 19.1. The van der Waals surface area contributed by atoms with Gasteiger partial charge in [0.25, 0.3) is 5.91 Å². The first-order chi connectivity index (χ1) is 14.0. The lowest BCUT2D eigenvalue weighted by Crippen LogP contribution is -2.31. The number of benzene rings is 1. The maximum atomic E-state index is 13.2. The number of nitrogen functional groups attached to an aromatic ring is 1. The number of hydrogen-bond donors (Lipinski definition) is 1. The Balaban J connectivity index is 1.59. The highest BCUT2D eigenvalue weighted by atomic mass is 19.1. The van der Waals surface area contributed by atoms with Crippen LogP contribution in [0.4, 0.5) is 10.2 Å². The molecule has 29 heavy (non-hydrogen) atoms. The zero-order chi connectivity index (χ0) is 20.4. The van der Waals surface area contributed by atoms with E-state index in [4.69, 9.17) is 10.7 Å². The number of aromatic nitrogens is 2. The van der Waals surface area contributed by atoms with E-state index in [9.17, 15) is 9.18 Å². The molecule has 5 nitrogen and oxygen atoms in total. The Bertz CT molecular complexity index is 1020. The van der Waals surface area contributed by atoms with Crippen LogP contribution in [0, 0.1) is 12.7 Å². The quantitative estimate of drug-likeness (QED) is 0.729. The molecule has 148 valence electrons. The number of hydrogen-bond acceptors (Lipinski definition) is 4. The summed E-state index contributed by atoms with van der Waals surface area (Å²) in [5.74, 6) is 0.103. The Hall–Kier alpha value is -3.28. The minimum atomic E-state index is -0.238. The first-order valence-corrected chi connectivity index (χ1v) is 9.74. The molecular weight excluding hydrogens is 367 g/mol. The van der Waals surface area contributed by atoms with Crippen LogP contribution in [0.1, 0.15) is 51.8 Å². The lowest BCUT2D eigenvalue weighted by atomic mass is 10.0. The maximum Gasteiger partial charge on any atom is 0.255 e. The van der Waals surface area contributed by atoms with E-state index in [0.29, 0.717) is 24.3 Å². The lowest BCUT2D eigenvalue weighted by Gasteiger charge is -2.25. The molecule has 1 fully saturated rings. The van der Waals surface area contributed by atoms with Crippen molar-refractivity contribution < 1.29 is 9.18 Å². The molecule has 0 saturated carbocycles. The molecule has 2 N–H and O–H groups in total. The molecule has 1 aliphatic rings. The van der Waals surface area contributed by atoms with Gasteiger partial charge in [-0.2, -0.15) is 0 Å². The third kappa shape index (κ3) is 4.26. The van der Waals surface area contributed by atoms with Gasteiger partial charge in [-0.3, -0.25) is 9.78 Å². The molecule has 6 heteroatoms. The van der Waals surface area contributed by atoms with E-state index in [1.807, 2.05) is 17.9 Å². The summed E-state index contributed by atoms with van der Waals surface area (Å²) in [5, 5.41) is 0. The standard InChI is InChI=1S/C23H23FN4O/c1-15-11-17(12-16-4-7-19(24)8-5-16)13-20(27-15)21-3-2-10-28(21)23(29)18-6-9-22(25)26-14-18/h4-9,11,13-14,21H,2-3,10,12H2,1H3,(H2,25,26)/t21-/m1/s1. The molecule has 1 saturated heterocycles. The number of carbonyl (C=O) groups is 1. The average molecular weight is 390 g/mol. The first-order valence-electron chi connectivity index (χ1n) is 9.74. The number of nitrogens with zero attached hydrogens (tertiary/aromatic N) is 3. The normalized spacial score (nSPS) is 16.2. The zero-order valence-electron chi connectivity index (χ0n) is 16.3. The summed E-state index contributed by atoms with van der Waals surface area (Å²) in [5.41, 5.74) is 10.1. The van der Waals surface area contributed by atoms with Crippen molar-refractivity contribution in [2.75, 3.05) is 12.3 Å². The van der Waals surface area contributed by atoms with E-state index in [2.05, 4.69) is 11.1 Å². The van der Waals surface area contributed by atoms with E-state index >= 15 is 0 Å². The van der Waals surface area contributed by atoms with Gasteiger partial charge in [-0.25, -0.2) is 9.37 Å². The van der Waals surface area contributed by atoms with Crippen LogP contribution in [0.2, 0.25) is 0 Å². The van der Waals surface area contributed by atoms with Gasteiger partial charge in [0.15, 0.2) is 0 Å². The summed E-state index contributed by atoms with van der Waals surface area (Å²) in [6, 6.07) is 13.9. The van der Waals surface area contributed by atoms with Crippen molar-refractivity contribution in [2.24, 2.45) is 0 Å². The van der Waals surface area contributed by atoms with Crippen LogP contribution in [0.5, 0.6) is 0 Å². The largest absolute Gasteiger partial charge is 0.384 e. The minimum Gasteiger partial charge on any atom is -0.384 e. The number of likely N-dealkylation sites (tertiary alicyclic amines) is 1. The molecule has 3 aromatic rings. The second kappa shape index (κ2) is 7.99. The van der Waals surface area contributed by atoms with Crippen LogP contribution in [0.25, 0.3) is 0 Å². The molecule has 4 rings (SSSR count). The Kier molecular flexibility index (Phi) is 5.25. The van der Waals surface area contributed by atoms with E-state index in [1.165, 1.54) is 18.3 Å². The van der Waals surface area contributed by atoms with Gasteiger partial charge in [0, 0.05) is 18.4 Å². The number of pyridine rings is 2. The monoisotopic (exact) mass is 390 g/mol. The second-order valence-corrected chi connectivity index (χ2v) is 7.47. The highest BCUT2D eigenvalue weighted by Gasteiger charge is 2.32. The van der Waals surface area contributed by atoms with Gasteiger partial charge in [-0.1, -0.05) is 12.1 Å². The molecule has 1 amide bonds. The molecule has 0 radical (unpaired) electrons. The highest BCUT2D eigenvalue weighted by molar-refractivity contribution is 5.94. The number of carbonyl (C=O) groups excluding carboxylic acids is 1. The third-order valence-corrected chi connectivity index (χ3v) is 5.24. The second-order valence-electron chi connectivity index (χ2n) is 7.47. The molecular formula is C23H23FN4O. The molecule has 3 heterocycles. The molecule has 1 aliphatic heterocycles. The molecule has 0 unspecified atom stereocenters. The smallest absolute Gasteiger partial charge is 0.255 e. The summed E-state index contributed by atoms with van der Waals surface area (Å²) in [6.45, 7) is 2.65. The van der Waals surface area contributed by atoms with E-state index < -0.39 is 0 Å². The molecule has 2 aromatic heterocycles. The Morgan fingerprint density at radius 1 is 1.17 bits per heavy atom. The molecule has 0 aliphatic carbocycles. The third-order valence-electron chi connectivity index (χ3n) is 5.24. The van der Waals surface area contributed by atoms with Crippen LogP contribution in [0.15, 0.2) is 54.7 Å². The number of aryl methyl sites for hydroxylation is 1. The van der Waals surface area contributed by atoms with Crippen molar-refractivity contribution in [1.82, 2.24) is 14.9 Å². The Morgan fingerprint density at radius 3 is 2.69 bits per heavy atom. The molecule has 0 bridgehead atoms. The van der Waals surface area contributed by atoms with Gasteiger partial charge in [0.05, 0.1) is 17.3 Å². The summed E-state index contributed by atoms with van der Waals surface area (Å²) < 4.78 is 13.2. The van der Waals surface area contributed by atoms with Gasteiger partial charge < -0.3 is 10.6 Å². The van der Waals surface area contributed by atoms with Gasteiger partial charge >= 0.3 is 0 Å². The van der Waals surface area contributed by atoms with Crippen molar-refractivity contribution in [3.63, 3.8) is 0 Å². The van der Waals surface area contributed by atoms with E-state index in [-0.39, 0.29) is 17.8 Å². The van der Waals surface area contributed by atoms with E-state index in [1.54, 1.807) is 24.3 Å². The predicted octanol–water partition coefficient (Wildman–Crippen LogP) is 4.07. The van der Waals surface area contributed by atoms with Crippen molar-refractivity contribution in [3.05, 3.63) is 88.6 Å². The SMILES string of the molecule is Cc1cc(Cc2ccc(F)cc2)cc([C@H]2CCCN2C(=O)c2ccc(N)nc2)n1. The molecule has 1 aromatic carbocycles. The van der Waals surface area contributed by atoms with Crippen molar-refractivity contribution >= 4 is 11.7 Å². The topological polar surface area (TPSA) is 72.1 Å². The summed E-state index contributed by atoms with van der Waals surface area (Å²) in [7, 11) is 0. The fourth-order valence-corrected chi connectivity index (χ4v) is 3.89. The van der Waals surface area contributed by atoms with Crippen LogP contribution >= 0.6 is 0 Å². The summed E-state index contributed by atoms with van der Waals surface area (Å²) in [6.07, 6.45) is 4.03. The van der Waals surface area contributed by atoms with Crippen molar-refractivity contribution in [2.45, 2.75) is 32.2 Å². The maximum absolute atomic E-state index is 13.2. The fraction of sp³-hybridized carbons (Fsp3) is 0.261. The van der Waals surface area contributed by atoms with Crippen LogP contribution in [-0.2, 0) is 6.42 Å².